The molecular weight excluding hydrogens is 236 g/mol. The van der Waals surface area contributed by atoms with Crippen LogP contribution in [0.15, 0.2) is 36.5 Å². The molecule has 0 radical (unpaired) electrons. The van der Waals surface area contributed by atoms with Gasteiger partial charge in [-0.15, -0.1) is 0 Å². The maximum atomic E-state index is 5.72. The van der Waals surface area contributed by atoms with Gasteiger partial charge in [0, 0.05) is 24.0 Å². The first-order valence-corrected chi connectivity index (χ1v) is 6.64. The van der Waals surface area contributed by atoms with E-state index in [-0.39, 0.29) is 0 Å². The van der Waals surface area contributed by atoms with Crippen LogP contribution >= 0.6 is 0 Å². The van der Waals surface area contributed by atoms with Crippen LogP contribution in [-0.4, -0.2) is 16.5 Å². The Morgan fingerprint density at radius 2 is 1.95 bits per heavy atom. The lowest BCUT2D eigenvalue weighted by atomic mass is 10.2. The van der Waals surface area contributed by atoms with Crippen LogP contribution in [0.1, 0.15) is 25.3 Å². The van der Waals surface area contributed by atoms with E-state index < -0.39 is 0 Å². The highest BCUT2D eigenvalue weighted by Crippen LogP contribution is 2.26. The predicted octanol–water partition coefficient (Wildman–Crippen LogP) is 3.31. The maximum absolute atomic E-state index is 5.72. The Balaban J connectivity index is 2.40. The van der Waals surface area contributed by atoms with E-state index in [1.807, 2.05) is 25.1 Å². The lowest BCUT2D eigenvalue weighted by molar-refractivity contribution is 0.777. The van der Waals surface area contributed by atoms with Crippen LogP contribution in [-0.2, 0) is 0 Å². The van der Waals surface area contributed by atoms with E-state index in [4.69, 9.17) is 5.73 Å². The zero-order valence-electron chi connectivity index (χ0n) is 11.5. The molecule has 0 aliphatic rings. The average Bonchev–Trinajstić information content (AvgIpc) is 2.44. The molecule has 0 saturated heterocycles. The predicted molar refractivity (Wildman–Crippen MR) is 79.5 cm³/mol. The number of aryl methyl sites for hydroxylation is 1. The Hall–Kier alpha value is -2.10. The molecule has 4 nitrogen and oxygen atoms in total. The van der Waals surface area contributed by atoms with Crippen LogP contribution in [0.3, 0.4) is 0 Å². The second-order valence-electron chi connectivity index (χ2n) is 4.58. The van der Waals surface area contributed by atoms with Crippen molar-refractivity contribution in [3.05, 3.63) is 42.1 Å². The molecule has 0 amide bonds. The molecule has 1 heterocycles. The van der Waals surface area contributed by atoms with Gasteiger partial charge < -0.3 is 10.6 Å². The van der Waals surface area contributed by atoms with Crippen LogP contribution in [0.5, 0.6) is 0 Å². The van der Waals surface area contributed by atoms with Gasteiger partial charge >= 0.3 is 0 Å². The average molecular weight is 256 g/mol. The number of nitrogens with zero attached hydrogens (tertiary/aromatic N) is 3. The standard InChI is InChI=1S/C15H20N4/c1-3-4-10-19(13-8-6-5-7-9-13)14-12(2)11-17-15(16)18-14/h5-9,11H,3-4,10H2,1-2H3,(H2,16,17,18). The third kappa shape index (κ3) is 3.22. The summed E-state index contributed by atoms with van der Waals surface area (Å²) in [6.07, 6.45) is 4.03. The van der Waals surface area contributed by atoms with E-state index in [1.165, 1.54) is 0 Å². The molecule has 2 rings (SSSR count). The van der Waals surface area contributed by atoms with Crippen molar-refractivity contribution in [3.8, 4) is 0 Å². The number of aromatic nitrogens is 2. The minimum absolute atomic E-state index is 0.318. The van der Waals surface area contributed by atoms with Gasteiger partial charge in [0.25, 0.3) is 0 Å². The Bertz CT molecular complexity index is 525. The van der Waals surface area contributed by atoms with Crippen molar-refractivity contribution in [2.75, 3.05) is 17.2 Å². The number of nitrogen functional groups attached to an aromatic ring is 1. The Labute approximate surface area is 114 Å². The van der Waals surface area contributed by atoms with Gasteiger partial charge in [0.1, 0.15) is 5.82 Å². The van der Waals surface area contributed by atoms with Crippen LogP contribution in [0.4, 0.5) is 17.5 Å². The van der Waals surface area contributed by atoms with Gasteiger partial charge in [0.2, 0.25) is 5.95 Å². The first-order valence-electron chi connectivity index (χ1n) is 6.64. The molecule has 2 aromatic rings. The zero-order valence-corrected chi connectivity index (χ0v) is 11.5. The number of benzene rings is 1. The molecule has 19 heavy (non-hydrogen) atoms. The van der Waals surface area contributed by atoms with Gasteiger partial charge in [-0.2, -0.15) is 4.98 Å². The quantitative estimate of drug-likeness (QED) is 0.891. The summed E-state index contributed by atoms with van der Waals surface area (Å²) in [6.45, 7) is 5.12. The van der Waals surface area contributed by atoms with E-state index in [0.29, 0.717) is 5.95 Å². The van der Waals surface area contributed by atoms with Gasteiger partial charge in [-0.3, -0.25) is 0 Å². The second kappa shape index (κ2) is 6.18. The normalized spacial score (nSPS) is 10.4. The molecule has 0 fully saturated rings. The highest BCUT2D eigenvalue weighted by molar-refractivity contribution is 5.63. The summed E-state index contributed by atoms with van der Waals surface area (Å²) in [5.41, 5.74) is 7.90. The van der Waals surface area contributed by atoms with Crippen molar-refractivity contribution in [2.45, 2.75) is 26.7 Å². The Morgan fingerprint density at radius 3 is 2.63 bits per heavy atom. The zero-order chi connectivity index (χ0) is 13.7. The monoisotopic (exact) mass is 256 g/mol. The van der Waals surface area contributed by atoms with Crippen molar-refractivity contribution in [1.82, 2.24) is 9.97 Å². The molecule has 1 aromatic carbocycles. The number of anilines is 3. The lowest BCUT2D eigenvalue weighted by Crippen LogP contribution is -2.21. The summed E-state index contributed by atoms with van der Waals surface area (Å²) in [5.74, 6) is 1.21. The number of rotatable bonds is 5. The summed E-state index contributed by atoms with van der Waals surface area (Å²) in [4.78, 5) is 10.6. The van der Waals surface area contributed by atoms with E-state index in [2.05, 4.69) is 33.9 Å². The number of hydrogen-bond donors (Lipinski definition) is 1. The van der Waals surface area contributed by atoms with Crippen LogP contribution in [0.2, 0.25) is 0 Å². The number of hydrogen-bond acceptors (Lipinski definition) is 4. The number of nitrogens with two attached hydrogens (primary N) is 1. The fraction of sp³-hybridized carbons (Fsp3) is 0.333. The van der Waals surface area contributed by atoms with E-state index in [1.54, 1.807) is 6.20 Å². The van der Waals surface area contributed by atoms with E-state index in [0.717, 1.165) is 36.5 Å². The summed E-state index contributed by atoms with van der Waals surface area (Å²) in [6, 6.07) is 10.3. The highest BCUT2D eigenvalue weighted by atomic mass is 15.2. The fourth-order valence-electron chi connectivity index (χ4n) is 2.00. The molecule has 0 bridgehead atoms. The van der Waals surface area contributed by atoms with Gasteiger partial charge in [0.15, 0.2) is 0 Å². The third-order valence-electron chi connectivity index (χ3n) is 3.02. The largest absolute Gasteiger partial charge is 0.368 e. The lowest BCUT2D eigenvalue weighted by Gasteiger charge is -2.25. The molecule has 0 aliphatic carbocycles. The minimum atomic E-state index is 0.318. The summed E-state index contributed by atoms with van der Waals surface area (Å²) in [5, 5.41) is 0. The molecule has 1 aromatic heterocycles. The van der Waals surface area contributed by atoms with Crippen molar-refractivity contribution in [2.24, 2.45) is 0 Å². The second-order valence-corrected chi connectivity index (χ2v) is 4.58. The first-order chi connectivity index (χ1) is 9.22. The molecule has 4 heteroatoms. The number of unbranched alkanes of at least 4 members (excludes halogenated alkanes) is 1. The fourth-order valence-corrected chi connectivity index (χ4v) is 2.00. The topological polar surface area (TPSA) is 55.0 Å². The summed E-state index contributed by atoms with van der Waals surface area (Å²) >= 11 is 0. The van der Waals surface area contributed by atoms with Crippen molar-refractivity contribution >= 4 is 17.5 Å². The molecule has 0 spiro atoms. The van der Waals surface area contributed by atoms with Crippen molar-refractivity contribution in [1.29, 1.82) is 0 Å². The van der Waals surface area contributed by atoms with Crippen LogP contribution in [0.25, 0.3) is 0 Å². The molecule has 0 saturated carbocycles. The molecule has 0 atom stereocenters. The van der Waals surface area contributed by atoms with Crippen molar-refractivity contribution in [3.63, 3.8) is 0 Å². The first kappa shape index (κ1) is 13.3. The van der Waals surface area contributed by atoms with Crippen LogP contribution in [0, 0.1) is 6.92 Å². The Morgan fingerprint density at radius 1 is 1.21 bits per heavy atom. The molecular formula is C15H20N4. The SMILES string of the molecule is CCCCN(c1ccccc1)c1nc(N)ncc1C. The van der Waals surface area contributed by atoms with Gasteiger partial charge in [-0.1, -0.05) is 31.5 Å². The summed E-state index contributed by atoms with van der Waals surface area (Å²) < 4.78 is 0. The van der Waals surface area contributed by atoms with Gasteiger partial charge in [-0.25, -0.2) is 4.98 Å². The molecule has 2 N–H and O–H groups in total. The summed E-state index contributed by atoms with van der Waals surface area (Å²) in [7, 11) is 0. The van der Waals surface area contributed by atoms with E-state index in [9.17, 15) is 0 Å². The Kier molecular flexibility index (Phi) is 4.34. The smallest absolute Gasteiger partial charge is 0.221 e. The molecule has 0 aliphatic heterocycles. The van der Waals surface area contributed by atoms with Crippen molar-refractivity contribution < 1.29 is 0 Å². The number of para-hydroxylation sites is 1. The molecule has 0 unspecified atom stereocenters. The van der Waals surface area contributed by atoms with Gasteiger partial charge in [-0.05, 0) is 25.5 Å². The highest BCUT2D eigenvalue weighted by Gasteiger charge is 2.13. The van der Waals surface area contributed by atoms with E-state index >= 15 is 0 Å². The maximum Gasteiger partial charge on any atom is 0.221 e. The third-order valence-corrected chi connectivity index (χ3v) is 3.02. The minimum Gasteiger partial charge on any atom is -0.368 e. The van der Waals surface area contributed by atoms with Crippen LogP contribution < -0.4 is 10.6 Å². The molecule has 100 valence electrons. The van der Waals surface area contributed by atoms with Gasteiger partial charge in [0.05, 0.1) is 0 Å².